The number of halogens is 3. The summed E-state index contributed by atoms with van der Waals surface area (Å²) in [5.41, 5.74) is 0.169. The lowest BCUT2D eigenvalue weighted by atomic mass is 10.00. The van der Waals surface area contributed by atoms with Gasteiger partial charge in [-0.2, -0.15) is 18.3 Å². The number of likely N-dealkylation sites (tertiary alicyclic amines) is 1. The monoisotopic (exact) mass is 446 g/mol. The van der Waals surface area contributed by atoms with E-state index >= 15 is 0 Å². The lowest BCUT2D eigenvalue weighted by molar-refractivity contribution is -0.137. The van der Waals surface area contributed by atoms with Crippen molar-refractivity contribution in [2.75, 3.05) is 6.54 Å². The van der Waals surface area contributed by atoms with E-state index in [2.05, 4.69) is 10.1 Å². The Kier molecular flexibility index (Phi) is 5.18. The molecule has 0 spiro atoms. The fourth-order valence-electron chi connectivity index (χ4n) is 4.27. The molecule has 0 saturated carbocycles. The van der Waals surface area contributed by atoms with Crippen LogP contribution in [0.25, 0.3) is 22.3 Å². The maximum absolute atomic E-state index is 13.0. The van der Waals surface area contributed by atoms with Crippen molar-refractivity contribution in [3.8, 4) is 17.0 Å². The molecular weight excluding hydrogens is 421 g/mol. The molecule has 1 N–H and O–H groups in total. The molecule has 1 amide bonds. The van der Waals surface area contributed by atoms with Crippen LogP contribution in [0.2, 0.25) is 0 Å². The molecule has 1 fully saturated rings. The molecule has 1 aliphatic heterocycles. The third kappa shape index (κ3) is 4.16. The number of hydrogen-bond acceptors (Lipinski definition) is 4. The standard InChI is InChI=1S/C23H25F3N4O2/c1-13-7-16(23(24,25)26)9-18(31)20(13)17-6-5-15-12-29(28-21(15)27-17)10-14-8-19(32)30(11-14)22(2,3)4/h5-7,9,12,14,31H,8,10-11H2,1-4H3. The number of aromatic hydroxyl groups is 1. The molecule has 1 aliphatic rings. The number of carbonyl (C=O) groups is 1. The van der Waals surface area contributed by atoms with Crippen molar-refractivity contribution >= 4 is 16.9 Å². The van der Waals surface area contributed by atoms with Gasteiger partial charge in [0.05, 0.1) is 11.3 Å². The van der Waals surface area contributed by atoms with Crippen LogP contribution in [-0.2, 0) is 17.5 Å². The molecule has 0 bridgehead atoms. The highest BCUT2D eigenvalue weighted by atomic mass is 19.4. The van der Waals surface area contributed by atoms with Crippen molar-refractivity contribution in [3.05, 3.63) is 41.6 Å². The molecule has 3 aromatic rings. The molecule has 2 aromatic heterocycles. The van der Waals surface area contributed by atoms with Gasteiger partial charge in [-0.05, 0) is 57.5 Å². The second-order valence-corrected chi connectivity index (χ2v) is 9.39. The molecule has 4 rings (SSSR count). The summed E-state index contributed by atoms with van der Waals surface area (Å²) in [4.78, 5) is 18.7. The summed E-state index contributed by atoms with van der Waals surface area (Å²) in [7, 11) is 0. The van der Waals surface area contributed by atoms with Crippen molar-refractivity contribution in [1.82, 2.24) is 19.7 Å². The number of phenolic OH excluding ortho intramolecular Hbond substituents is 1. The van der Waals surface area contributed by atoms with Crippen molar-refractivity contribution in [1.29, 1.82) is 0 Å². The SMILES string of the molecule is Cc1cc(C(F)(F)F)cc(O)c1-c1ccc2cn(CC3CC(=O)N(C(C)(C)C)C3)nc2n1. The van der Waals surface area contributed by atoms with Crippen molar-refractivity contribution in [3.63, 3.8) is 0 Å². The maximum atomic E-state index is 13.0. The molecule has 0 aliphatic carbocycles. The number of aryl methyl sites for hydroxylation is 1. The molecule has 32 heavy (non-hydrogen) atoms. The van der Waals surface area contributed by atoms with Gasteiger partial charge in [0, 0.05) is 48.1 Å². The first-order valence-corrected chi connectivity index (χ1v) is 10.4. The van der Waals surface area contributed by atoms with E-state index in [1.165, 1.54) is 6.92 Å². The van der Waals surface area contributed by atoms with Crippen LogP contribution >= 0.6 is 0 Å². The van der Waals surface area contributed by atoms with Gasteiger partial charge in [-0.3, -0.25) is 9.48 Å². The summed E-state index contributed by atoms with van der Waals surface area (Å²) in [5, 5.41) is 15.5. The fraction of sp³-hybridized carbons (Fsp3) is 0.435. The molecule has 1 aromatic carbocycles. The van der Waals surface area contributed by atoms with Crippen LogP contribution in [0, 0.1) is 12.8 Å². The largest absolute Gasteiger partial charge is 0.507 e. The molecule has 6 nitrogen and oxygen atoms in total. The topological polar surface area (TPSA) is 71.2 Å². The molecule has 0 radical (unpaired) electrons. The predicted octanol–water partition coefficient (Wildman–Crippen LogP) is 4.78. The number of phenols is 1. The van der Waals surface area contributed by atoms with Gasteiger partial charge in [0.2, 0.25) is 5.91 Å². The third-order valence-electron chi connectivity index (χ3n) is 5.77. The number of hydrogen-bond donors (Lipinski definition) is 1. The van der Waals surface area contributed by atoms with E-state index in [0.29, 0.717) is 36.9 Å². The molecule has 1 unspecified atom stereocenters. The number of nitrogens with zero attached hydrogens (tertiary/aromatic N) is 4. The number of amides is 1. The van der Waals surface area contributed by atoms with E-state index < -0.39 is 17.5 Å². The van der Waals surface area contributed by atoms with E-state index in [1.807, 2.05) is 31.9 Å². The highest BCUT2D eigenvalue weighted by molar-refractivity contribution is 5.81. The highest BCUT2D eigenvalue weighted by Crippen LogP contribution is 2.38. The Hall–Kier alpha value is -3.10. The summed E-state index contributed by atoms with van der Waals surface area (Å²) in [6.07, 6.45) is -2.23. The van der Waals surface area contributed by atoms with Gasteiger partial charge in [-0.15, -0.1) is 0 Å². The number of rotatable bonds is 3. The molecule has 1 atom stereocenters. The van der Waals surface area contributed by atoms with Gasteiger partial charge in [-0.1, -0.05) is 0 Å². The number of pyridine rings is 1. The summed E-state index contributed by atoms with van der Waals surface area (Å²) in [6.45, 7) is 8.77. The van der Waals surface area contributed by atoms with Gasteiger partial charge in [0.15, 0.2) is 5.65 Å². The van der Waals surface area contributed by atoms with Gasteiger partial charge >= 0.3 is 6.18 Å². The van der Waals surface area contributed by atoms with Crippen molar-refractivity contribution < 1.29 is 23.1 Å². The number of aromatic nitrogens is 3. The van der Waals surface area contributed by atoms with Crippen molar-refractivity contribution in [2.45, 2.75) is 52.4 Å². The Morgan fingerprint density at radius 2 is 1.91 bits per heavy atom. The average molecular weight is 446 g/mol. The summed E-state index contributed by atoms with van der Waals surface area (Å²) < 4.78 is 40.8. The second-order valence-electron chi connectivity index (χ2n) is 9.39. The van der Waals surface area contributed by atoms with E-state index in [-0.39, 0.29) is 28.5 Å². The van der Waals surface area contributed by atoms with Crippen LogP contribution in [0.1, 0.15) is 38.3 Å². The zero-order chi connectivity index (χ0) is 23.4. The Balaban J connectivity index is 1.60. The number of alkyl halides is 3. The second kappa shape index (κ2) is 7.50. The lowest BCUT2D eigenvalue weighted by Gasteiger charge is -2.32. The number of benzene rings is 1. The van der Waals surface area contributed by atoms with Gasteiger partial charge in [0.1, 0.15) is 5.75 Å². The molecular formula is C23H25F3N4O2. The normalized spacial score (nSPS) is 17.5. The summed E-state index contributed by atoms with van der Waals surface area (Å²) in [6, 6.07) is 5.14. The van der Waals surface area contributed by atoms with E-state index in [9.17, 15) is 23.1 Å². The molecule has 3 heterocycles. The Labute approximate surface area is 183 Å². The third-order valence-corrected chi connectivity index (χ3v) is 5.77. The van der Waals surface area contributed by atoms with Crippen LogP contribution in [0.15, 0.2) is 30.5 Å². The zero-order valence-corrected chi connectivity index (χ0v) is 18.4. The quantitative estimate of drug-likeness (QED) is 0.629. The average Bonchev–Trinajstić information content (AvgIpc) is 3.22. The first kappa shape index (κ1) is 22.1. The highest BCUT2D eigenvalue weighted by Gasteiger charge is 2.36. The van der Waals surface area contributed by atoms with Crippen LogP contribution in [0.5, 0.6) is 5.75 Å². The van der Waals surface area contributed by atoms with Crippen molar-refractivity contribution in [2.24, 2.45) is 5.92 Å². The van der Waals surface area contributed by atoms with Gasteiger partial charge < -0.3 is 10.0 Å². The molecule has 170 valence electrons. The number of carbonyl (C=O) groups excluding carboxylic acids is 1. The van der Waals surface area contributed by atoms with Gasteiger partial charge in [0.25, 0.3) is 0 Å². The van der Waals surface area contributed by atoms with E-state index in [4.69, 9.17) is 0 Å². The lowest BCUT2D eigenvalue weighted by Crippen LogP contribution is -2.42. The Morgan fingerprint density at radius 3 is 2.50 bits per heavy atom. The summed E-state index contributed by atoms with van der Waals surface area (Å²) in [5.74, 6) is -0.208. The molecule has 9 heteroatoms. The Bertz CT molecular complexity index is 1170. The zero-order valence-electron chi connectivity index (χ0n) is 18.4. The van der Waals surface area contributed by atoms with Gasteiger partial charge in [-0.25, -0.2) is 4.98 Å². The first-order chi connectivity index (χ1) is 14.8. The minimum absolute atomic E-state index is 0.132. The predicted molar refractivity (Wildman–Crippen MR) is 114 cm³/mol. The van der Waals surface area contributed by atoms with E-state index in [1.54, 1.807) is 16.8 Å². The van der Waals surface area contributed by atoms with Crippen LogP contribution < -0.4 is 0 Å². The van der Waals surface area contributed by atoms with Crippen LogP contribution in [-0.4, -0.2) is 42.8 Å². The smallest absolute Gasteiger partial charge is 0.416 e. The maximum Gasteiger partial charge on any atom is 0.416 e. The Morgan fingerprint density at radius 1 is 1.19 bits per heavy atom. The fourth-order valence-corrected chi connectivity index (χ4v) is 4.27. The van der Waals surface area contributed by atoms with Crippen LogP contribution in [0.3, 0.4) is 0 Å². The minimum atomic E-state index is -4.54. The number of fused-ring (bicyclic) bond motifs is 1. The summed E-state index contributed by atoms with van der Waals surface area (Å²) >= 11 is 0. The van der Waals surface area contributed by atoms with E-state index in [0.717, 1.165) is 11.5 Å². The minimum Gasteiger partial charge on any atom is -0.507 e. The molecule has 1 saturated heterocycles. The first-order valence-electron chi connectivity index (χ1n) is 10.4. The van der Waals surface area contributed by atoms with Crippen LogP contribution in [0.4, 0.5) is 13.2 Å².